The first-order valence-electron chi connectivity index (χ1n) is 5.09. The Hall–Kier alpha value is -1.98. The molecule has 0 N–H and O–H groups in total. The standard InChI is InChI=1S/C11H14N2O4/c1-11(2,3)17-10(14)6-8-4-5-9(7-12-8)13(15)16/h4-5,7H,6H2,1-3H3. The maximum Gasteiger partial charge on any atom is 0.312 e. The Labute approximate surface area is 98.8 Å². The van der Waals surface area contributed by atoms with Gasteiger partial charge in [-0.1, -0.05) is 0 Å². The molecule has 0 saturated heterocycles. The molecule has 1 rings (SSSR count). The van der Waals surface area contributed by atoms with Gasteiger partial charge in [-0.2, -0.15) is 0 Å². The summed E-state index contributed by atoms with van der Waals surface area (Å²) in [5.41, 5.74) is -0.194. The Morgan fingerprint density at radius 2 is 2.12 bits per heavy atom. The number of nitrogens with zero attached hydrogens (tertiary/aromatic N) is 2. The minimum atomic E-state index is -0.544. The van der Waals surface area contributed by atoms with E-state index in [1.54, 1.807) is 20.8 Å². The summed E-state index contributed by atoms with van der Waals surface area (Å²) in [5, 5.41) is 10.4. The van der Waals surface area contributed by atoms with Crippen molar-refractivity contribution in [3.63, 3.8) is 0 Å². The maximum absolute atomic E-state index is 11.5. The molecule has 17 heavy (non-hydrogen) atoms. The maximum atomic E-state index is 11.5. The molecule has 6 nitrogen and oxygen atoms in total. The van der Waals surface area contributed by atoms with Gasteiger partial charge in [-0.15, -0.1) is 0 Å². The van der Waals surface area contributed by atoms with E-state index >= 15 is 0 Å². The summed E-state index contributed by atoms with van der Waals surface area (Å²) in [5.74, 6) is -0.404. The van der Waals surface area contributed by atoms with Crippen LogP contribution in [0.3, 0.4) is 0 Å². The number of pyridine rings is 1. The van der Waals surface area contributed by atoms with E-state index in [0.717, 1.165) is 6.20 Å². The van der Waals surface area contributed by atoms with E-state index in [4.69, 9.17) is 4.74 Å². The Morgan fingerprint density at radius 3 is 2.53 bits per heavy atom. The zero-order chi connectivity index (χ0) is 13.1. The molecule has 0 saturated carbocycles. The largest absolute Gasteiger partial charge is 0.460 e. The first-order valence-corrected chi connectivity index (χ1v) is 5.09. The molecule has 0 unspecified atom stereocenters. The van der Waals surface area contributed by atoms with Crippen LogP contribution in [0.15, 0.2) is 18.3 Å². The third kappa shape index (κ3) is 4.58. The second-order valence-corrected chi connectivity index (χ2v) is 4.53. The predicted molar refractivity (Wildman–Crippen MR) is 60.4 cm³/mol. The summed E-state index contributed by atoms with van der Waals surface area (Å²) in [6.45, 7) is 5.32. The average Bonchev–Trinajstić information content (AvgIpc) is 2.15. The molecule has 0 bridgehead atoms. The average molecular weight is 238 g/mol. The van der Waals surface area contributed by atoms with E-state index in [2.05, 4.69) is 4.98 Å². The van der Waals surface area contributed by atoms with E-state index in [1.807, 2.05) is 0 Å². The molecule has 6 heteroatoms. The molecule has 92 valence electrons. The summed E-state index contributed by atoms with van der Waals surface area (Å²) in [7, 11) is 0. The number of aromatic nitrogens is 1. The van der Waals surface area contributed by atoms with Crippen molar-refractivity contribution in [1.82, 2.24) is 4.98 Å². The van der Waals surface area contributed by atoms with Crippen LogP contribution in [-0.4, -0.2) is 21.5 Å². The lowest BCUT2D eigenvalue weighted by Gasteiger charge is -2.19. The van der Waals surface area contributed by atoms with Crippen LogP contribution >= 0.6 is 0 Å². The van der Waals surface area contributed by atoms with Crippen molar-refractivity contribution in [2.45, 2.75) is 32.8 Å². The first kappa shape index (κ1) is 13.1. The normalized spacial score (nSPS) is 11.0. The third-order valence-electron chi connectivity index (χ3n) is 1.77. The number of carbonyl (C=O) groups is 1. The van der Waals surface area contributed by atoms with Gasteiger partial charge in [0.2, 0.25) is 0 Å². The number of hydrogen-bond donors (Lipinski definition) is 0. The summed E-state index contributed by atoms with van der Waals surface area (Å²) in [6.07, 6.45) is 1.13. The van der Waals surface area contributed by atoms with Gasteiger partial charge in [0.1, 0.15) is 11.8 Å². The molecule has 0 aliphatic rings. The van der Waals surface area contributed by atoms with Crippen LogP contribution in [0.1, 0.15) is 26.5 Å². The Morgan fingerprint density at radius 1 is 1.47 bits per heavy atom. The van der Waals surface area contributed by atoms with Crippen molar-refractivity contribution >= 4 is 11.7 Å². The van der Waals surface area contributed by atoms with E-state index < -0.39 is 16.5 Å². The van der Waals surface area contributed by atoms with Crippen LogP contribution in [0.5, 0.6) is 0 Å². The Bertz CT molecular complexity index is 420. The fraction of sp³-hybridized carbons (Fsp3) is 0.455. The molecule has 0 aliphatic heterocycles. The monoisotopic (exact) mass is 238 g/mol. The van der Waals surface area contributed by atoms with Gasteiger partial charge in [-0.25, -0.2) is 0 Å². The van der Waals surface area contributed by atoms with Crippen molar-refractivity contribution in [3.05, 3.63) is 34.1 Å². The topological polar surface area (TPSA) is 82.3 Å². The van der Waals surface area contributed by atoms with Gasteiger partial charge in [0.05, 0.1) is 17.0 Å². The zero-order valence-corrected chi connectivity index (χ0v) is 9.97. The van der Waals surface area contributed by atoms with Gasteiger partial charge >= 0.3 is 5.97 Å². The predicted octanol–water partition coefficient (Wildman–Crippen LogP) is 1.87. The molecule has 0 atom stereocenters. The highest BCUT2D eigenvalue weighted by Crippen LogP contribution is 2.12. The van der Waals surface area contributed by atoms with Crippen molar-refractivity contribution in [3.8, 4) is 0 Å². The molecular formula is C11H14N2O4. The van der Waals surface area contributed by atoms with E-state index in [-0.39, 0.29) is 12.1 Å². The van der Waals surface area contributed by atoms with Gasteiger partial charge in [0.15, 0.2) is 0 Å². The Kier molecular flexibility index (Phi) is 3.77. The minimum absolute atomic E-state index is 0.00919. The number of esters is 1. The highest BCUT2D eigenvalue weighted by molar-refractivity contribution is 5.72. The highest BCUT2D eigenvalue weighted by atomic mass is 16.6. The summed E-state index contributed by atoms with van der Waals surface area (Å²) in [6, 6.07) is 2.76. The molecular weight excluding hydrogens is 224 g/mol. The van der Waals surface area contributed by atoms with Crippen LogP contribution in [-0.2, 0) is 16.0 Å². The molecule has 1 aromatic heterocycles. The summed E-state index contributed by atoms with van der Waals surface area (Å²) < 4.78 is 5.11. The number of rotatable bonds is 3. The van der Waals surface area contributed by atoms with Gasteiger partial charge in [-0.05, 0) is 26.8 Å². The molecule has 0 spiro atoms. The van der Waals surface area contributed by atoms with Crippen molar-refractivity contribution in [2.75, 3.05) is 0 Å². The number of ether oxygens (including phenoxy) is 1. The van der Waals surface area contributed by atoms with Crippen LogP contribution in [0.4, 0.5) is 5.69 Å². The SMILES string of the molecule is CC(C)(C)OC(=O)Cc1ccc([N+](=O)[O-])cn1. The lowest BCUT2D eigenvalue weighted by atomic mass is 10.2. The van der Waals surface area contributed by atoms with Crippen molar-refractivity contribution < 1.29 is 14.5 Å². The molecule has 0 aromatic carbocycles. The second-order valence-electron chi connectivity index (χ2n) is 4.53. The minimum Gasteiger partial charge on any atom is -0.460 e. The number of carbonyl (C=O) groups excluding carboxylic acids is 1. The lowest BCUT2D eigenvalue weighted by Crippen LogP contribution is -2.25. The zero-order valence-electron chi connectivity index (χ0n) is 9.97. The summed E-state index contributed by atoms with van der Waals surface area (Å²) in [4.78, 5) is 25.1. The van der Waals surface area contributed by atoms with Gasteiger partial charge in [-0.3, -0.25) is 19.9 Å². The second kappa shape index (κ2) is 4.90. The van der Waals surface area contributed by atoms with Gasteiger partial charge < -0.3 is 4.74 Å². The highest BCUT2D eigenvalue weighted by Gasteiger charge is 2.17. The molecule has 0 amide bonds. The number of hydrogen-bond acceptors (Lipinski definition) is 5. The fourth-order valence-electron chi connectivity index (χ4n) is 1.15. The van der Waals surface area contributed by atoms with Crippen molar-refractivity contribution in [1.29, 1.82) is 0 Å². The quantitative estimate of drug-likeness (QED) is 0.456. The van der Waals surface area contributed by atoms with E-state index in [1.165, 1.54) is 12.1 Å². The van der Waals surface area contributed by atoms with Crippen LogP contribution in [0.2, 0.25) is 0 Å². The van der Waals surface area contributed by atoms with Gasteiger partial charge in [0.25, 0.3) is 5.69 Å². The van der Waals surface area contributed by atoms with E-state index in [9.17, 15) is 14.9 Å². The third-order valence-corrected chi connectivity index (χ3v) is 1.77. The number of nitro groups is 1. The molecule has 0 radical (unpaired) electrons. The van der Waals surface area contributed by atoms with Gasteiger partial charge in [0, 0.05) is 6.07 Å². The van der Waals surface area contributed by atoms with Crippen LogP contribution < -0.4 is 0 Å². The lowest BCUT2D eigenvalue weighted by molar-refractivity contribution is -0.385. The van der Waals surface area contributed by atoms with Crippen LogP contribution in [0.25, 0.3) is 0 Å². The van der Waals surface area contributed by atoms with E-state index in [0.29, 0.717) is 5.69 Å². The fourth-order valence-corrected chi connectivity index (χ4v) is 1.15. The first-order chi connectivity index (χ1) is 7.78. The molecule has 1 heterocycles. The van der Waals surface area contributed by atoms with Crippen LogP contribution in [0, 0.1) is 10.1 Å². The molecule has 1 aromatic rings. The molecule has 0 aliphatic carbocycles. The Balaban J connectivity index is 2.64. The smallest absolute Gasteiger partial charge is 0.312 e. The summed E-state index contributed by atoms with van der Waals surface area (Å²) >= 11 is 0. The van der Waals surface area contributed by atoms with Crippen molar-refractivity contribution in [2.24, 2.45) is 0 Å². The molecule has 0 fully saturated rings.